The van der Waals surface area contributed by atoms with E-state index < -0.39 is 0 Å². The lowest BCUT2D eigenvalue weighted by Crippen LogP contribution is -2.02. The van der Waals surface area contributed by atoms with E-state index in [1.807, 2.05) is 13.0 Å². The van der Waals surface area contributed by atoms with Gasteiger partial charge in [-0.1, -0.05) is 15.9 Å². The van der Waals surface area contributed by atoms with Crippen molar-refractivity contribution in [3.63, 3.8) is 0 Å². The number of Topliss-reactive ketones (excluding diaryl/α,β-unsaturated/α-hetero) is 1. The average Bonchev–Trinajstić information content (AvgIpc) is 2.03. The van der Waals surface area contributed by atoms with Crippen LogP contribution in [0.1, 0.15) is 16.1 Å². The van der Waals surface area contributed by atoms with Crippen LogP contribution in [0.15, 0.2) is 16.7 Å². The molecule has 0 fully saturated rings. The molecule has 0 atom stereocenters. The summed E-state index contributed by atoms with van der Waals surface area (Å²) in [6, 6.07) is 3.59. The predicted octanol–water partition coefficient (Wildman–Crippen LogP) is 2.73. The molecule has 0 radical (unpaired) electrons. The Bertz CT molecular complexity index is 312. The highest BCUT2D eigenvalue weighted by atomic mass is 79.9. The summed E-state index contributed by atoms with van der Waals surface area (Å²) in [4.78, 5) is 15.3. The van der Waals surface area contributed by atoms with Gasteiger partial charge in [-0.2, -0.15) is 0 Å². The van der Waals surface area contributed by atoms with Crippen molar-refractivity contribution in [2.75, 3.05) is 5.33 Å². The summed E-state index contributed by atoms with van der Waals surface area (Å²) in [5.74, 6) is 0.0365. The first-order valence-corrected chi connectivity index (χ1v) is 5.29. The number of halogens is 2. The number of hydrogen-bond acceptors (Lipinski definition) is 2. The van der Waals surface area contributed by atoms with E-state index in [0.29, 0.717) is 15.5 Å². The van der Waals surface area contributed by atoms with Gasteiger partial charge < -0.3 is 0 Å². The van der Waals surface area contributed by atoms with Crippen LogP contribution < -0.4 is 0 Å². The number of pyridine rings is 1. The molecule has 2 nitrogen and oxygen atoms in total. The molecule has 1 heterocycles. The highest BCUT2D eigenvalue weighted by molar-refractivity contribution is 9.10. The van der Waals surface area contributed by atoms with Crippen LogP contribution in [-0.2, 0) is 0 Å². The minimum absolute atomic E-state index is 0.0365. The van der Waals surface area contributed by atoms with Crippen LogP contribution >= 0.6 is 31.9 Å². The molecule has 0 spiro atoms. The Morgan fingerprint density at radius 1 is 1.58 bits per heavy atom. The molecule has 0 N–H and O–H groups in total. The van der Waals surface area contributed by atoms with E-state index in [-0.39, 0.29) is 5.78 Å². The number of nitrogens with zero attached hydrogens (tertiary/aromatic N) is 1. The van der Waals surface area contributed by atoms with Gasteiger partial charge >= 0.3 is 0 Å². The smallest absolute Gasteiger partial charge is 0.176 e. The zero-order valence-corrected chi connectivity index (χ0v) is 9.65. The number of carbonyl (C=O) groups is 1. The van der Waals surface area contributed by atoms with Gasteiger partial charge in [-0.3, -0.25) is 4.79 Å². The number of alkyl halides is 1. The summed E-state index contributed by atoms with van der Waals surface area (Å²) in [6.45, 7) is 1.88. The zero-order chi connectivity index (χ0) is 9.14. The van der Waals surface area contributed by atoms with Gasteiger partial charge in [0.05, 0.1) is 10.9 Å². The van der Waals surface area contributed by atoms with Gasteiger partial charge in [-0.25, -0.2) is 4.98 Å². The maximum Gasteiger partial charge on any atom is 0.176 e. The summed E-state index contributed by atoms with van der Waals surface area (Å²) in [5.41, 5.74) is 1.52. The number of ketones is 1. The van der Waals surface area contributed by atoms with Crippen molar-refractivity contribution < 1.29 is 4.79 Å². The van der Waals surface area contributed by atoms with E-state index in [1.165, 1.54) is 0 Å². The topological polar surface area (TPSA) is 30.0 Å². The summed E-state index contributed by atoms with van der Waals surface area (Å²) < 4.78 is 0.618. The number of rotatable bonds is 2. The first kappa shape index (κ1) is 9.86. The summed E-state index contributed by atoms with van der Waals surface area (Å²) >= 11 is 6.34. The summed E-state index contributed by atoms with van der Waals surface area (Å²) in [7, 11) is 0. The normalized spacial score (nSPS) is 9.92. The van der Waals surface area contributed by atoms with Crippen molar-refractivity contribution >= 4 is 37.6 Å². The fraction of sp³-hybridized carbons (Fsp3) is 0.250. The lowest BCUT2D eigenvalue weighted by molar-refractivity contribution is 0.102. The van der Waals surface area contributed by atoms with Crippen molar-refractivity contribution in [2.45, 2.75) is 6.92 Å². The summed E-state index contributed by atoms with van der Waals surface area (Å²) in [5, 5.41) is 0.330. The molecule has 0 aliphatic rings. The van der Waals surface area contributed by atoms with Gasteiger partial charge in [0.25, 0.3) is 0 Å². The Kier molecular flexibility index (Phi) is 3.40. The van der Waals surface area contributed by atoms with Crippen molar-refractivity contribution in [1.29, 1.82) is 0 Å². The molecule has 1 aromatic rings. The molecule has 0 aliphatic heterocycles. The molecule has 0 aromatic carbocycles. The number of hydrogen-bond donors (Lipinski definition) is 0. The van der Waals surface area contributed by atoms with E-state index in [1.54, 1.807) is 6.07 Å². The van der Waals surface area contributed by atoms with Crippen molar-refractivity contribution in [3.05, 3.63) is 28.0 Å². The number of aryl methyl sites for hydroxylation is 1. The van der Waals surface area contributed by atoms with Gasteiger partial charge in [-0.05, 0) is 35.0 Å². The highest BCUT2D eigenvalue weighted by Gasteiger charge is 2.08. The van der Waals surface area contributed by atoms with Crippen molar-refractivity contribution in [1.82, 2.24) is 4.98 Å². The molecule has 12 heavy (non-hydrogen) atoms. The molecule has 64 valence electrons. The fourth-order valence-electron chi connectivity index (χ4n) is 0.805. The third kappa shape index (κ3) is 2.14. The summed E-state index contributed by atoms with van der Waals surface area (Å²) in [6.07, 6.45) is 0. The molecule has 0 saturated carbocycles. The molecule has 0 aliphatic carbocycles. The van der Waals surface area contributed by atoms with E-state index in [0.717, 1.165) is 5.69 Å². The molecule has 0 amide bonds. The van der Waals surface area contributed by atoms with Crippen molar-refractivity contribution in [3.8, 4) is 0 Å². The van der Waals surface area contributed by atoms with Gasteiger partial charge in [0.15, 0.2) is 5.78 Å². The number of carbonyl (C=O) groups excluding carboxylic acids is 1. The lowest BCUT2D eigenvalue weighted by Gasteiger charge is -2.00. The molecular weight excluding hydrogens is 286 g/mol. The van der Waals surface area contributed by atoms with Crippen LogP contribution in [0.2, 0.25) is 0 Å². The first-order valence-electron chi connectivity index (χ1n) is 3.37. The van der Waals surface area contributed by atoms with Crippen LogP contribution in [0.5, 0.6) is 0 Å². The Balaban J connectivity index is 3.09. The van der Waals surface area contributed by atoms with Crippen LogP contribution in [-0.4, -0.2) is 16.1 Å². The Labute approximate surface area is 87.6 Å². The quantitative estimate of drug-likeness (QED) is 0.477. The van der Waals surface area contributed by atoms with Crippen LogP contribution in [0.3, 0.4) is 0 Å². The van der Waals surface area contributed by atoms with E-state index in [9.17, 15) is 4.79 Å². The third-order valence-corrected chi connectivity index (χ3v) is 2.52. The zero-order valence-electron chi connectivity index (χ0n) is 6.47. The molecular formula is C8H7Br2NO. The Hall–Kier alpha value is -0.220. The average molecular weight is 293 g/mol. The van der Waals surface area contributed by atoms with Gasteiger partial charge in [0.1, 0.15) is 4.60 Å². The fourth-order valence-corrected chi connectivity index (χ4v) is 1.74. The molecule has 0 unspecified atom stereocenters. The monoisotopic (exact) mass is 291 g/mol. The van der Waals surface area contributed by atoms with E-state index in [4.69, 9.17) is 0 Å². The van der Waals surface area contributed by atoms with Crippen LogP contribution in [0.4, 0.5) is 0 Å². The lowest BCUT2D eigenvalue weighted by atomic mass is 10.2. The first-order chi connectivity index (χ1) is 5.65. The highest BCUT2D eigenvalue weighted by Crippen LogP contribution is 2.15. The standard InChI is InChI=1S/C8H7Br2NO/c1-5-2-3-6(7(12)4-9)8(10)11-5/h2-3H,4H2,1H3. The van der Waals surface area contributed by atoms with E-state index in [2.05, 4.69) is 36.8 Å². The maximum absolute atomic E-state index is 11.2. The molecule has 0 bridgehead atoms. The maximum atomic E-state index is 11.2. The largest absolute Gasteiger partial charge is 0.293 e. The van der Waals surface area contributed by atoms with Crippen molar-refractivity contribution in [2.24, 2.45) is 0 Å². The van der Waals surface area contributed by atoms with Gasteiger partial charge in [-0.15, -0.1) is 0 Å². The minimum atomic E-state index is 0.0365. The SMILES string of the molecule is Cc1ccc(C(=O)CBr)c(Br)n1. The second-order valence-corrected chi connectivity index (χ2v) is 3.66. The third-order valence-electron chi connectivity index (χ3n) is 1.41. The predicted molar refractivity (Wildman–Crippen MR) is 54.8 cm³/mol. The molecule has 0 saturated heterocycles. The second kappa shape index (κ2) is 4.14. The Morgan fingerprint density at radius 2 is 2.25 bits per heavy atom. The van der Waals surface area contributed by atoms with Gasteiger partial charge in [0.2, 0.25) is 0 Å². The van der Waals surface area contributed by atoms with Gasteiger partial charge in [0, 0.05) is 5.69 Å². The minimum Gasteiger partial charge on any atom is -0.293 e. The Morgan fingerprint density at radius 3 is 2.75 bits per heavy atom. The number of aromatic nitrogens is 1. The van der Waals surface area contributed by atoms with Crippen LogP contribution in [0, 0.1) is 6.92 Å². The molecule has 1 aromatic heterocycles. The second-order valence-electron chi connectivity index (χ2n) is 2.35. The molecule has 4 heteroatoms. The van der Waals surface area contributed by atoms with E-state index >= 15 is 0 Å². The van der Waals surface area contributed by atoms with Crippen LogP contribution in [0.25, 0.3) is 0 Å². The molecule has 1 rings (SSSR count).